The maximum Gasteiger partial charge on any atom is 0.237 e. The summed E-state index contributed by atoms with van der Waals surface area (Å²) >= 11 is 1.56. The van der Waals surface area contributed by atoms with Crippen molar-refractivity contribution in [2.45, 2.75) is 43.6 Å². The maximum absolute atomic E-state index is 5.44. The topological polar surface area (TPSA) is 78.9 Å². The molecule has 2 aromatic carbocycles. The molecule has 0 spiro atoms. The van der Waals surface area contributed by atoms with Gasteiger partial charge in [0.15, 0.2) is 16.8 Å². The Morgan fingerprint density at radius 2 is 1.84 bits per heavy atom. The number of benzene rings is 2. The van der Waals surface area contributed by atoms with Crippen molar-refractivity contribution in [3.63, 3.8) is 0 Å². The number of ether oxygens (including phenoxy) is 1. The third-order valence-corrected chi connectivity index (χ3v) is 5.79. The van der Waals surface area contributed by atoms with Gasteiger partial charge in [-0.1, -0.05) is 60.6 Å². The quantitative estimate of drug-likeness (QED) is 0.324. The molecule has 8 heteroatoms. The maximum atomic E-state index is 5.44. The summed E-state index contributed by atoms with van der Waals surface area (Å²) in [6.07, 6.45) is 2.80. The largest absolute Gasteiger partial charge is 0.497 e. The van der Waals surface area contributed by atoms with Gasteiger partial charge < -0.3 is 13.8 Å². The number of methoxy groups -OCH3 is 1. The SMILES string of the molecule is CCCCn1c(SCc2nc(Cc3ccccc3)no2)nnc1-c1ccc(OC)cc1. The molecule has 0 aliphatic carbocycles. The van der Waals surface area contributed by atoms with Crippen molar-refractivity contribution >= 4 is 11.8 Å². The summed E-state index contributed by atoms with van der Waals surface area (Å²) in [5.41, 5.74) is 2.17. The Bertz CT molecular complexity index is 1090. The van der Waals surface area contributed by atoms with Crippen LogP contribution in [0.5, 0.6) is 5.75 Å². The van der Waals surface area contributed by atoms with Gasteiger partial charge in [0.1, 0.15) is 5.75 Å². The van der Waals surface area contributed by atoms with E-state index in [-0.39, 0.29) is 0 Å². The van der Waals surface area contributed by atoms with Gasteiger partial charge in [-0.15, -0.1) is 10.2 Å². The van der Waals surface area contributed by atoms with Gasteiger partial charge in [-0.25, -0.2) is 0 Å². The molecule has 7 nitrogen and oxygen atoms in total. The molecule has 0 aliphatic heterocycles. The minimum atomic E-state index is 0.550. The fraction of sp³-hybridized carbons (Fsp3) is 0.304. The number of unbranched alkanes of at least 4 members (excludes halogenated alkanes) is 1. The van der Waals surface area contributed by atoms with Crippen LogP contribution in [0.2, 0.25) is 0 Å². The van der Waals surface area contributed by atoms with Gasteiger partial charge in [0.05, 0.1) is 12.9 Å². The molecule has 0 fully saturated rings. The van der Waals surface area contributed by atoms with E-state index in [2.05, 4.69) is 44.0 Å². The van der Waals surface area contributed by atoms with Crippen molar-refractivity contribution in [2.24, 2.45) is 0 Å². The van der Waals surface area contributed by atoms with E-state index < -0.39 is 0 Å². The van der Waals surface area contributed by atoms with Gasteiger partial charge in [0, 0.05) is 18.5 Å². The lowest BCUT2D eigenvalue weighted by Crippen LogP contribution is -2.03. The number of aromatic nitrogens is 5. The molecule has 0 N–H and O–H groups in total. The highest BCUT2D eigenvalue weighted by Crippen LogP contribution is 2.27. The predicted octanol–water partition coefficient (Wildman–Crippen LogP) is 5.02. The normalized spacial score (nSPS) is 11.0. The zero-order valence-corrected chi connectivity index (χ0v) is 18.5. The predicted molar refractivity (Wildman–Crippen MR) is 120 cm³/mol. The van der Waals surface area contributed by atoms with Gasteiger partial charge in [0.25, 0.3) is 0 Å². The molecule has 0 bridgehead atoms. The molecule has 4 rings (SSSR count). The number of hydrogen-bond acceptors (Lipinski definition) is 7. The third-order valence-electron chi connectivity index (χ3n) is 4.84. The Labute approximate surface area is 185 Å². The van der Waals surface area contributed by atoms with E-state index >= 15 is 0 Å². The first-order chi connectivity index (χ1) is 15.3. The highest BCUT2D eigenvalue weighted by atomic mass is 32.2. The minimum Gasteiger partial charge on any atom is -0.497 e. The first kappa shape index (κ1) is 21.1. The molecule has 0 unspecified atom stereocenters. The molecule has 31 heavy (non-hydrogen) atoms. The number of nitrogens with zero attached hydrogens (tertiary/aromatic N) is 5. The second-order valence-corrected chi connectivity index (χ2v) is 8.04. The molecule has 0 saturated heterocycles. The van der Waals surface area contributed by atoms with E-state index in [4.69, 9.17) is 9.26 Å². The van der Waals surface area contributed by atoms with Crippen molar-refractivity contribution in [3.8, 4) is 17.1 Å². The van der Waals surface area contributed by atoms with Crippen molar-refractivity contribution in [1.29, 1.82) is 0 Å². The average Bonchev–Trinajstić information content (AvgIpc) is 3.43. The van der Waals surface area contributed by atoms with Crippen LogP contribution in [0.1, 0.15) is 37.0 Å². The fourth-order valence-corrected chi connectivity index (χ4v) is 3.99. The van der Waals surface area contributed by atoms with Crippen LogP contribution in [-0.4, -0.2) is 32.0 Å². The zero-order valence-electron chi connectivity index (χ0n) is 17.7. The Kier molecular flexibility index (Phi) is 6.99. The van der Waals surface area contributed by atoms with Crippen LogP contribution < -0.4 is 4.74 Å². The second kappa shape index (κ2) is 10.3. The summed E-state index contributed by atoms with van der Waals surface area (Å²) in [6, 6.07) is 18.0. The van der Waals surface area contributed by atoms with Crippen LogP contribution in [0.25, 0.3) is 11.4 Å². The lowest BCUT2D eigenvalue weighted by atomic mass is 10.1. The van der Waals surface area contributed by atoms with Crippen LogP contribution in [0.4, 0.5) is 0 Å². The minimum absolute atomic E-state index is 0.550. The highest BCUT2D eigenvalue weighted by molar-refractivity contribution is 7.98. The molecule has 0 radical (unpaired) electrons. The van der Waals surface area contributed by atoms with Crippen LogP contribution in [0.3, 0.4) is 0 Å². The van der Waals surface area contributed by atoms with Gasteiger partial charge in [-0.05, 0) is 36.2 Å². The first-order valence-corrected chi connectivity index (χ1v) is 11.3. The van der Waals surface area contributed by atoms with Gasteiger partial charge >= 0.3 is 0 Å². The molecular weight excluding hydrogens is 410 g/mol. The summed E-state index contributed by atoms with van der Waals surface area (Å²) in [5, 5.41) is 13.8. The fourth-order valence-electron chi connectivity index (χ4n) is 3.19. The van der Waals surface area contributed by atoms with Gasteiger partial charge in [-0.2, -0.15) is 4.98 Å². The van der Waals surface area contributed by atoms with Crippen LogP contribution in [0, 0.1) is 0 Å². The first-order valence-electron chi connectivity index (χ1n) is 10.3. The lowest BCUT2D eigenvalue weighted by Gasteiger charge is -2.09. The summed E-state index contributed by atoms with van der Waals surface area (Å²) in [5.74, 6) is 3.50. The summed E-state index contributed by atoms with van der Waals surface area (Å²) in [4.78, 5) is 4.53. The molecule has 4 aromatic rings. The molecule has 0 amide bonds. The third kappa shape index (κ3) is 5.32. The van der Waals surface area contributed by atoms with E-state index in [9.17, 15) is 0 Å². The Balaban J connectivity index is 1.47. The monoisotopic (exact) mass is 435 g/mol. The average molecular weight is 436 g/mol. The Hall–Kier alpha value is -3.13. The van der Waals surface area contributed by atoms with Gasteiger partial charge in [-0.3, -0.25) is 0 Å². The molecule has 2 heterocycles. The molecular formula is C23H25N5O2S. The zero-order chi connectivity index (χ0) is 21.5. The van der Waals surface area contributed by atoms with E-state index in [0.29, 0.717) is 23.9 Å². The summed E-state index contributed by atoms with van der Waals surface area (Å²) in [7, 11) is 1.66. The van der Waals surface area contributed by atoms with E-state index in [1.54, 1.807) is 18.9 Å². The van der Waals surface area contributed by atoms with E-state index in [1.165, 1.54) is 0 Å². The number of thioether (sulfide) groups is 1. The van der Waals surface area contributed by atoms with Crippen molar-refractivity contribution in [3.05, 3.63) is 71.9 Å². The molecule has 0 saturated carbocycles. The van der Waals surface area contributed by atoms with Gasteiger partial charge in [0.2, 0.25) is 5.89 Å². The Morgan fingerprint density at radius 3 is 2.58 bits per heavy atom. The molecule has 0 aliphatic rings. The smallest absolute Gasteiger partial charge is 0.237 e. The Morgan fingerprint density at radius 1 is 1.03 bits per heavy atom. The van der Waals surface area contributed by atoms with Crippen molar-refractivity contribution < 1.29 is 9.26 Å². The molecule has 2 aromatic heterocycles. The van der Waals surface area contributed by atoms with Crippen LogP contribution in [0.15, 0.2) is 64.3 Å². The van der Waals surface area contributed by atoms with E-state index in [1.807, 2.05) is 42.5 Å². The van der Waals surface area contributed by atoms with Crippen molar-refractivity contribution in [2.75, 3.05) is 7.11 Å². The lowest BCUT2D eigenvalue weighted by molar-refractivity contribution is 0.385. The van der Waals surface area contributed by atoms with Crippen molar-refractivity contribution in [1.82, 2.24) is 24.9 Å². The van der Waals surface area contributed by atoms with E-state index in [0.717, 1.165) is 47.2 Å². The summed E-state index contributed by atoms with van der Waals surface area (Å²) in [6.45, 7) is 3.03. The van der Waals surface area contributed by atoms with Crippen LogP contribution in [-0.2, 0) is 18.7 Å². The highest BCUT2D eigenvalue weighted by Gasteiger charge is 2.16. The van der Waals surface area contributed by atoms with Crippen LogP contribution >= 0.6 is 11.8 Å². The molecule has 0 atom stereocenters. The standard InChI is InChI=1S/C23H25N5O2S/c1-3-4-14-28-22(18-10-12-19(29-2)13-11-18)25-26-23(28)31-16-21-24-20(27-30-21)15-17-8-6-5-7-9-17/h5-13H,3-4,14-16H2,1-2H3. The second-order valence-electron chi connectivity index (χ2n) is 7.10. The summed E-state index contributed by atoms with van der Waals surface area (Å²) < 4.78 is 12.9. The number of rotatable bonds is 10. The molecule has 160 valence electrons. The number of hydrogen-bond donors (Lipinski definition) is 0.